The number of aliphatic hydroxyl groups is 1. The summed E-state index contributed by atoms with van der Waals surface area (Å²) < 4.78 is 30.3. The lowest BCUT2D eigenvalue weighted by atomic mass is 9.99. The molecule has 0 saturated heterocycles. The van der Waals surface area contributed by atoms with Crippen LogP contribution in [0.15, 0.2) is 12.7 Å². The molecule has 14 heteroatoms. The average molecular weight is 1490 g/mol. The van der Waals surface area contributed by atoms with Crippen molar-refractivity contribution in [3.05, 3.63) is 12.7 Å². The number of hydrogen-bond donors (Lipinski definition) is 5. The first-order chi connectivity index (χ1) is 50.9. The molecule has 0 saturated carbocycles. The van der Waals surface area contributed by atoms with Crippen molar-refractivity contribution in [3.63, 3.8) is 0 Å². The lowest BCUT2D eigenvalue weighted by Crippen LogP contribution is -2.41. The Bertz CT molecular complexity index is 1860. The summed E-state index contributed by atoms with van der Waals surface area (Å²) in [6.07, 6.45) is 82.1. The van der Waals surface area contributed by atoms with Crippen LogP contribution in [0.4, 0.5) is 0 Å². The fourth-order valence-corrected chi connectivity index (χ4v) is 15.4. The summed E-state index contributed by atoms with van der Waals surface area (Å²) in [5.74, 6) is 0.349. The zero-order valence-electron chi connectivity index (χ0n) is 70.4. The summed E-state index contributed by atoms with van der Waals surface area (Å²) in [6.45, 7) is 19.4. The van der Waals surface area contributed by atoms with E-state index in [0.717, 1.165) is 96.3 Å². The fraction of sp³-hybridized carbons (Fsp3) is 0.933. The minimum atomic E-state index is -3.82. The van der Waals surface area contributed by atoms with Gasteiger partial charge in [-0.15, -0.1) is 6.58 Å². The number of carbonyl (C=O) groups excluding carboxylic acids is 4. The van der Waals surface area contributed by atoms with Crippen LogP contribution < -0.4 is 21.3 Å². The first-order valence-electron chi connectivity index (χ1n) is 45.8. The van der Waals surface area contributed by atoms with Crippen molar-refractivity contribution >= 4 is 31.5 Å². The highest BCUT2D eigenvalue weighted by molar-refractivity contribution is 7.48. The van der Waals surface area contributed by atoms with Crippen molar-refractivity contribution in [2.45, 2.75) is 516 Å². The zero-order valence-corrected chi connectivity index (χ0v) is 71.3. The summed E-state index contributed by atoms with van der Waals surface area (Å²) in [5.41, 5.74) is 0. The molecule has 0 radical (unpaired) electrons. The third kappa shape index (κ3) is 77.8. The number of amides is 4. The van der Waals surface area contributed by atoms with Gasteiger partial charge in [0.2, 0.25) is 23.6 Å². The van der Waals surface area contributed by atoms with Crippen LogP contribution in [0.3, 0.4) is 0 Å². The predicted molar refractivity (Wildman–Crippen MR) is 449 cm³/mol. The highest BCUT2D eigenvalue weighted by Gasteiger charge is 2.29. The highest BCUT2D eigenvalue weighted by atomic mass is 31.2. The zero-order chi connectivity index (χ0) is 76.4. The number of unbranched alkanes of at least 4 members (excludes halogenated alkanes) is 52. The van der Waals surface area contributed by atoms with Crippen LogP contribution in [0.25, 0.3) is 0 Å². The third-order valence-electron chi connectivity index (χ3n) is 21.0. The minimum Gasteiger partial charge on any atom is -0.394 e. The lowest BCUT2D eigenvalue weighted by molar-refractivity contribution is -0.123. The lowest BCUT2D eigenvalue weighted by Gasteiger charge is -2.25. The van der Waals surface area contributed by atoms with Gasteiger partial charge in [0.1, 0.15) is 0 Å². The van der Waals surface area contributed by atoms with Crippen LogP contribution in [0.1, 0.15) is 492 Å². The van der Waals surface area contributed by atoms with Gasteiger partial charge in [0.25, 0.3) is 0 Å². The molecule has 0 heterocycles. The molecule has 0 aliphatic carbocycles. The Morgan fingerprint density at radius 1 is 0.288 bits per heavy atom. The van der Waals surface area contributed by atoms with E-state index in [2.05, 4.69) is 69.4 Å². The Kier molecular flexibility index (Phi) is 84.5. The van der Waals surface area contributed by atoms with Gasteiger partial charge in [0.05, 0.1) is 38.5 Å². The summed E-state index contributed by atoms with van der Waals surface area (Å²) in [6, 6.07) is -0.456. The SMILES string of the molecule is C=CCOP(=O)(OCCC)OC[C@@H](CCC(CCCCCCCCC)NC(=O)CCCCCCCCCCCCC)NC(=O)CCCCCCCCCCCCC.CCCCCCCCCCCCCC(=O)NC(CCCCCCCCC)CC[C@H](CO)NC(=O)CCCCCCCCCCCCC. The Morgan fingerprint density at radius 2 is 0.510 bits per heavy atom. The van der Waals surface area contributed by atoms with E-state index in [1.54, 1.807) is 0 Å². The van der Waals surface area contributed by atoms with Gasteiger partial charge >= 0.3 is 7.82 Å². The van der Waals surface area contributed by atoms with Gasteiger partial charge in [-0.1, -0.05) is 401 Å². The monoisotopic (exact) mass is 1490 g/mol. The second-order valence-electron chi connectivity index (χ2n) is 31.5. The van der Waals surface area contributed by atoms with E-state index in [1.165, 1.54) is 301 Å². The van der Waals surface area contributed by atoms with Crippen LogP contribution in [0.5, 0.6) is 0 Å². The third-order valence-corrected chi connectivity index (χ3v) is 22.4. The maximum atomic E-state index is 13.4. The Morgan fingerprint density at radius 3 is 0.760 bits per heavy atom. The molecule has 4 amide bonds. The number of aliphatic hydroxyl groups excluding tert-OH is 1. The molecule has 0 aromatic heterocycles. The quantitative estimate of drug-likeness (QED) is 0.0225. The highest BCUT2D eigenvalue weighted by Crippen LogP contribution is 2.49. The van der Waals surface area contributed by atoms with Crippen LogP contribution in [0, 0.1) is 0 Å². The fourth-order valence-electron chi connectivity index (χ4n) is 14.1. The Labute approximate surface area is 646 Å². The van der Waals surface area contributed by atoms with Crippen molar-refractivity contribution in [1.29, 1.82) is 0 Å². The molecular weight excluding hydrogens is 1310 g/mol. The number of nitrogens with one attached hydrogen (secondary N) is 4. The second-order valence-corrected chi connectivity index (χ2v) is 33.2. The van der Waals surface area contributed by atoms with Gasteiger partial charge < -0.3 is 26.4 Å². The van der Waals surface area contributed by atoms with Crippen molar-refractivity contribution in [1.82, 2.24) is 21.3 Å². The number of phosphoric ester groups is 1. The van der Waals surface area contributed by atoms with Crippen LogP contribution in [-0.4, -0.2) is 79.3 Å². The second kappa shape index (κ2) is 84.7. The summed E-state index contributed by atoms with van der Waals surface area (Å²) >= 11 is 0. The van der Waals surface area contributed by atoms with E-state index in [4.69, 9.17) is 13.6 Å². The van der Waals surface area contributed by atoms with Crippen LogP contribution in [-0.2, 0) is 37.3 Å². The molecule has 0 spiro atoms. The first kappa shape index (κ1) is 104. The molecule has 0 aliphatic rings. The van der Waals surface area contributed by atoms with E-state index in [0.29, 0.717) is 51.4 Å². The van der Waals surface area contributed by atoms with Gasteiger partial charge in [-0.3, -0.25) is 32.7 Å². The van der Waals surface area contributed by atoms with Gasteiger partial charge in [0.15, 0.2) is 0 Å². The van der Waals surface area contributed by atoms with E-state index in [1.807, 2.05) is 6.92 Å². The van der Waals surface area contributed by atoms with E-state index < -0.39 is 7.82 Å². The smallest absolute Gasteiger partial charge is 0.394 e. The standard InChI is InChI=1S/C48H95N2O6P.C42H84N2O3/c1-6-11-14-17-20-22-24-26-29-32-35-38-47(51)49-45(37-34-31-28-19-16-13-8-3)40-41-46(44-56-57(53,54-42-9-4)55-43-10-5)50-48(52)39-36-33-30-27-25-23-21-18-15-12-7-2;1-4-7-10-13-16-18-20-22-25-28-31-34-41(46)43-39(33-30-27-24-15-12-9-6-3)36-37-40(38-45)44-42(47)35-32-29-26-23-21-19-17-14-11-8-5-2/h9,45-46H,4,6-8,10-44H2,1-3,5H3,(H,49,51)(H,50,52);39-40,45H,4-38H2,1-3H3,(H,43,46)(H,44,47)/t45?,46-,57?;39?,40-/m11/s1. The number of hydrogen-bond acceptors (Lipinski definition) is 9. The number of phosphoric acid groups is 1. The van der Waals surface area contributed by atoms with Crippen molar-refractivity contribution < 1.29 is 42.4 Å². The van der Waals surface area contributed by atoms with Crippen molar-refractivity contribution in [2.24, 2.45) is 0 Å². The van der Waals surface area contributed by atoms with Crippen LogP contribution >= 0.6 is 7.82 Å². The average Bonchev–Trinajstić information content (AvgIpc) is 0.897. The summed E-state index contributed by atoms with van der Waals surface area (Å²) in [5, 5.41) is 23.0. The molecule has 0 fully saturated rings. The van der Waals surface area contributed by atoms with Gasteiger partial charge in [-0.25, -0.2) is 4.57 Å². The molecule has 5 N–H and O–H groups in total. The molecule has 0 bridgehead atoms. The Balaban J connectivity index is 0. The molecule has 618 valence electrons. The molecule has 0 aromatic carbocycles. The van der Waals surface area contributed by atoms with E-state index in [-0.39, 0.29) is 74.2 Å². The molecule has 0 aromatic rings. The molecule has 0 aliphatic heterocycles. The largest absolute Gasteiger partial charge is 0.475 e. The van der Waals surface area contributed by atoms with Gasteiger partial charge in [0, 0.05) is 37.8 Å². The summed E-state index contributed by atoms with van der Waals surface area (Å²) in [7, 11) is -3.82. The maximum Gasteiger partial charge on any atom is 0.475 e. The topological polar surface area (TPSA) is 181 Å². The van der Waals surface area contributed by atoms with Crippen LogP contribution in [0.2, 0.25) is 0 Å². The number of rotatable bonds is 84. The maximum absolute atomic E-state index is 13.4. The number of carbonyl (C=O) groups is 4. The first-order valence-corrected chi connectivity index (χ1v) is 47.3. The van der Waals surface area contributed by atoms with Crippen molar-refractivity contribution in [2.75, 3.05) is 26.4 Å². The minimum absolute atomic E-state index is 0.0129. The van der Waals surface area contributed by atoms with Gasteiger partial charge in [-0.05, 0) is 70.6 Å². The van der Waals surface area contributed by atoms with E-state index in [9.17, 15) is 28.8 Å². The molecule has 13 nitrogen and oxygen atoms in total. The molecule has 5 atom stereocenters. The van der Waals surface area contributed by atoms with Gasteiger partial charge in [-0.2, -0.15) is 0 Å². The van der Waals surface area contributed by atoms with Crippen molar-refractivity contribution in [3.8, 4) is 0 Å². The molecule has 104 heavy (non-hydrogen) atoms. The molecule has 0 rings (SSSR count). The normalized spacial score (nSPS) is 13.2. The Hall–Kier alpha value is -2.31. The summed E-state index contributed by atoms with van der Waals surface area (Å²) in [4.78, 5) is 51.9. The predicted octanol–water partition coefficient (Wildman–Crippen LogP) is 27.3. The molecular formula is C90H179N4O9P. The van der Waals surface area contributed by atoms with E-state index >= 15 is 0 Å². The molecule has 3 unspecified atom stereocenters.